The van der Waals surface area contributed by atoms with E-state index < -0.39 is 0 Å². The highest BCUT2D eigenvalue weighted by Gasteiger charge is 2.25. The lowest BCUT2D eigenvalue weighted by atomic mass is 9.92. The Morgan fingerprint density at radius 1 is 1.23 bits per heavy atom. The summed E-state index contributed by atoms with van der Waals surface area (Å²) in [5.41, 5.74) is 2.09. The van der Waals surface area contributed by atoms with Gasteiger partial charge in [0.1, 0.15) is 11.4 Å². The topological polar surface area (TPSA) is 78.3 Å². The minimum Gasteiger partial charge on any atom is -0.393 e. The molecule has 1 fully saturated rings. The van der Waals surface area contributed by atoms with E-state index >= 15 is 0 Å². The Balaban J connectivity index is 1.58. The smallest absolute Gasteiger partial charge is 0.263 e. The molecule has 1 amide bonds. The van der Waals surface area contributed by atoms with Crippen LogP contribution in [-0.2, 0) is 6.54 Å². The molecule has 2 aromatic heterocycles. The molecule has 158 valence electrons. The normalized spacial score (nSPS) is 19.2. The van der Waals surface area contributed by atoms with Crippen LogP contribution in [0.4, 0.5) is 4.39 Å². The molecule has 0 saturated heterocycles. The van der Waals surface area contributed by atoms with E-state index in [0.717, 1.165) is 29.4 Å². The van der Waals surface area contributed by atoms with E-state index in [4.69, 9.17) is 0 Å². The summed E-state index contributed by atoms with van der Waals surface area (Å²) in [6, 6.07) is 8.11. The average molecular weight is 411 g/mol. The Morgan fingerprint density at radius 3 is 2.70 bits per heavy atom. The molecule has 0 aliphatic heterocycles. The zero-order valence-electron chi connectivity index (χ0n) is 17.2. The highest BCUT2D eigenvalue weighted by molar-refractivity contribution is 5.95. The van der Waals surface area contributed by atoms with E-state index in [-0.39, 0.29) is 41.5 Å². The van der Waals surface area contributed by atoms with Crippen LogP contribution in [0.1, 0.15) is 53.3 Å². The number of aromatic amines is 1. The number of carbonyl (C=O) groups is 1. The van der Waals surface area contributed by atoms with Crippen molar-refractivity contribution in [2.45, 2.75) is 51.3 Å². The summed E-state index contributed by atoms with van der Waals surface area (Å²) in [5.74, 6) is -0.652. The number of rotatable bonds is 4. The Bertz CT molecular complexity index is 1140. The van der Waals surface area contributed by atoms with Gasteiger partial charge in [0.2, 0.25) is 0 Å². The van der Waals surface area contributed by atoms with Crippen molar-refractivity contribution in [2.24, 2.45) is 0 Å². The predicted molar refractivity (Wildman–Crippen MR) is 113 cm³/mol. The molecule has 30 heavy (non-hydrogen) atoms. The molecule has 0 radical (unpaired) electrons. The summed E-state index contributed by atoms with van der Waals surface area (Å²) in [6.07, 6.45) is 4.21. The second kappa shape index (κ2) is 8.07. The maximum atomic E-state index is 13.4. The Labute approximate surface area is 173 Å². The third kappa shape index (κ3) is 3.89. The van der Waals surface area contributed by atoms with E-state index in [1.165, 1.54) is 17.0 Å². The highest BCUT2D eigenvalue weighted by Crippen LogP contribution is 2.27. The molecule has 6 nitrogen and oxygen atoms in total. The van der Waals surface area contributed by atoms with Crippen LogP contribution in [0.15, 0.2) is 41.3 Å². The van der Waals surface area contributed by atoms with Gasteiger partial charge in [-0.05, 0) is 68.5 Å². The van der Waals surface area contributed by atoms with E-state index in [9.17, 15) is 19.1 Å². The fraction of sp³-hybridized carbons (Fsp3) is 0.391. The van der Waals surface area contributed by atoms with Crippen molar-refractivity contribution in [3.05, 3.63) is 69.5 Å². The fourth-order valence-corrected chi connectivity index (χ4v) is 4.29. The molecule has 0 spiro atoms. The third-order valence-corrected chi connectivity index (χ3v) is 5.99. The van der Waals surface area contributed by atoms with Gasteiger partial charge < -0.3 is 19.6 Å². The van der Waals surface area contributed by atoms with Crippen molar-refractivity contribution in [1.82, 2.24) is 14.5 Å². The van der Waals surface area contributed by atoms with Crippen molar-refractivity contribution in [3.8, 4) is 0 Å². The number of aromatic nitrogens is 2. The Morgan fingerprint density at radius 2 is 1.97 bits per heavy atom. The lowest BCUT2D eigenvalue weighted by Crippen LogP contribution is -2.37. The maximum absolute atomic E-state index is 13.4. The number of hydrogen-bond acceptors (Lipinski definition) is 3. The lowest BCUT2D eigenvalue weighted by molar-refractivity contribution is 0.0778. The second-order valence-electron chi connectivity index (χ2n) is 8.24. The summed E-state index contributed by atoms with van der Waals surface area (Å²) in [7, 11) is 1.65. The predicted octanol–water partition coefficient (Wildman–Crippen LogP) is 3.53. The number of fused-ring (bicyclic) bond motifs is 1. The van der Waals surface area contributed by atoms with E-state index in [0.29, 0.717) is 18.4 Å². The molecule has 1 saturated carbocycles. The number of nitrogens with zero attached hydrogens (tertiary/aromatic N) is 2. The number of pyridine rings is 1. The number of amides is 1. The van der Waals surface area contributed by atoms with E-state index in [1.54, 1.807) is 36.9 Å². The van der Waals surface area contributed by atoms with Crippen molar-refractivity contribution < 1.29 is 14.3 Å². The van der Waals surface area contributed by atoms with Gasteiger partial charge in [-0.3, -0.25) is 9.59 Å². The molecular weight excluding hydrogens is 385 g/mol. The van der Waals surface area contributed by atoms with Gasteiger partial charge in [-0.15, -0.1) is 0 Å². The van der Waals surface area contributed by atoms with Crippen molar-refractivity contribution in [2.75, 3.05) is 7.05 Å². The van der Waals surface area contributed by atoms with Crippen LogP contribution in [0, 0.1) is 12.7 Å². The molecule has 7 heteroatoms. The standard InChI is InChI=1S/C23H26FN3O3/c1-14-9-10-27(18-4-6-19(28)7-5-18)23(30)21(14)22(29)26(2)13-17-12-15-11-16(24)3-8-20(15)25-17/h3,8-12,18-19,25,28H,4-7,13H2,1-2H3. The average Bonchev–Trinajstić information content (AvgIpc) is 3.10. The summed E-state index contributed by atoms with van der Waals surface area (Å²) in [4.78, 5) is 31.0. The molecule has 1 aromatic carbocycles. The van der Waals surface area contributed by atoms with E-state index in [1.807, 2.05) is 6.07 Å². The SMILES string of the molecule is Cc1ccn(C2CCC(O)CC2)c(=O)c1C(=O)N(C)Cc1cc2cc(F)ccc2[nH]1. The molecule has 0 atom stereocenters. The molecule has 0 bridgehead atoms. The first kappa shape index (κ1) is 20.3. The van der Waals surface area contributed by atoms with Gasteiger partial charge in [0.25, 0.3) is 11.5 Å². The first-order valence-corrected chi connectivity index (χ1v) is 10.3. The number of benzene rings is 1. The first-order chi connectivity index (χ1) is 14.3. The summed E-state index contributed by atoms with van der Waals surface area (Å²) in [5, 5.41) is 10.5. The summed E-state index contributed by atoms with van der Waals surface area (Å²) >= 11 is 0. The zero-order chi connectivity index (χ0) is 21.4. The van der Waals surface area contributed by atoms with Gasteiger partial charge in [0.05, 0.1) is 12.6 Å². The molecular formula is C23H26FN3O3. The molecule has 1 aliphatic rings. The number of hydrogen-bond donors (Lipinski definition) is 2. The van der Waals surface area contributed by atoms with Crippen LogP contribution in [-0.4, -0.2) is 38.6 Å². The molecule has 4 rings (SSSR count). The van der Waals surface area contributed by atoms with Crippen molar-refractivity contribution >= 4 is 16.8 Å². The van der Waals surface area contributed by atoms with Gasteiger partial charge in [0, 0.05) is 35.9 Å². The number of aliphatic hydroxyl groups is 1. The van der Waals surface area contributed by atoms with Crippen LogP contribution in [0.3, 0.4) is 0 Å². The van der Waals surface area contributed by atoms with Crippen molar-refractivity contribution in [3.63, 3.8) is 0 Å². The summed E-state index contributed by atoms with van der Waals surface area (Å²) in [6.45, 7) is 2.04. The van der Waals surface area contributed by atoms with Gasteiger partial charge >= 0.3 is 0 Å². The largest absolute Gasteiger partial charge is 0.393 e. The Hall–Kier alpha value is -2.93. The van der Waals surface area contributed by atoms with Crippen LogP contribution < -0.4 is 5.56 Å². The second-order valence-corrected chi connectivity index (χ2v) is 8.24. The van der Waals surface area contributed by atoms with Gasteiger partial charge in [-0.1, -0.05) is 0 Å². The van der Waals surface area contributed by atoms with E-state index in [2.05, 4.69) is 4.98 Å². The quantitative estimate of drug-likeness (QED) is 0.690. The van der Waals surface area contributed by atoms with Crippen molar-refractivity contribution in [1.29, 1.82) is 0 Å². The fourth-order valence-electron chi connectivity index (χ4n) is 4.29. The minimum atomic E-state index is -0.340. The Kier molecular flexibility index (Phi) is 5.47. The first-order valence-electron chi connectivity index (χ1n) is 10.3. The van der Waals surface area contributed by atoms with Gasteiger partial charge in [-0.25, -0.2) is 4.39 Å². The number of aryl methyl sites for hydroxylation is 1. The monoisotopic (exact) mass is 411 g/mol. The number of nitrogens with one attached hydrogen (secondary N) is 1. The van der Waals surface area contributed by atoms with Gasteiger partial charge in [-0.2, -0.15) is 0 Å². The van der Waals surface area contributed by atoms with Crippen LogP contribution >= 0.6 is 0 Å². The number of carbonyl (C=O) groups excluding carboxylic acids is 1. The van der Waals surface area contributed by atoms with Crippen LogP contribution in [0.2, 0.25) is 0 Å². The molecule has 0 unspecified atom stereocenters. The number of aliphatic hydroxyl groups excluding tert-OH is 1. The number of halogens is 1. The van der Waals surface area contributed by atoms with Crippen LogP contribution in [0.25, 0.3) is 10.9 Å². The molecule has 1 aliphatic carbocycles. The minimum absolute atomic E-state index is 0.00181. The third-order valence-electron chi connectivity index (χ3n) is 5.99. The highest BCUT2D eigenvalue weighted by atomic mass is 19.1. The van der Waals surface area contributed by atoms with Gasteiger partial charge in [0.15, 0.2) is 0 Å². The molecule has 2 heterocycles. The molecule has 3 aromatic rings. The number of H-pyrrole nitrogens is 1. The maximum Gasteiger partial charge on any atom is 0.263 e. The lowest BCUT2D eigenvalue weighted by Gasteiger charge is -2.28. The summed E-state index contributed by atoms with van der Waals surface area (Å²) < 4.78 is 15.1. The molecule has 2 N–H and O–H groups in total. The van der Waals surface area contributed by atoms with Crippen LogP contribution in [0.5, 0.6) is 0 Å². The zero-order valence-corrected chi connectivity index (χ0v) is 17.2.